The van der Waals surface area contributed by atoms with Crippen molar-refractivity contribution in [1.82, 2.24) is 0 Å². The monoisotopic (exact) mass is 250 g/mol. The number of aliphatic hydroxyl groups excluding tert-OH is 3. The van der Waals surface area contributed by atoms with E-state index in [-0.39, 0.29) is 19.3 Å². The Morgan fingerprint density at radius 1 is 1.00 bits per heavy atom. The Kier molecular flexibility index (Phi) is 17.9. The average molecular weight is 250 g/mol. The molecule has 2 atom stereocenters. The second-order valence-corrected chi connectivity index (χ2v) is 3.94. The first kappa shape index (κ1) is 19.2. The third kappa shape index (κ3) is 13.8. The quantitative estimate of drug-likeness (QED) is 0.545. The van der Waals surface area contributed by atoms with Crippen LogP contribution in [0.4, 0.5) is 0 Å². The molecule has 0 radical (unpaired) electrons. The largest absolute Gasteiger partial charge is 0.397 e. The molecule has 3 N–H and O–H groups in total. The molecule has 0 amide bonds. The standard InChI is InChI=1S/C11H24O3.C2H6O/c1-3-5-6-7-8-14-11(4-2)10(13)9-12;1-2-3/h10-13H,3-9H2,1-2H3;3H,2H2,1H3. The van der Waals surface area contributed by atoms with E-state index in [9.17, 15) is 5.11 Å². The molecule has 0 aromatic carbocycles. The number of hydrogen-bond acceptors (Lipinski definition) is 4. The van der Waals surface area contributed by atoms with Crippen LogP contribution in [0, 0.1) is 0 Å². The van der Waals surface area contributed by atoms with Crippen molar-refractivity contribution in [2.75, 3.05) is 19.8 Å². The molecule has 0 heterocycles. The maximum Gasteiger partial charge on any atom is 0.103 e. The number of ether oxygens (including phenoxy) is 1. The van der Waals surface area contributed by atoms with E-state index in [2.05, 4.69) is 6.92 Å². The SMILES string of the molecule is CCCCCCOC(CC)C(O)CO.CCO. The molecule has 0 saturated carbocycles. The van der Waals surface area contributed by atoms with Crippen molar-refractivity contribution < 1.29 is 20.1 Å². The molecule has 4 heteroatoms. The Bertz CT molecular complexity index is 131. The maximum absolute atomic E-state index is 9.35. The summed E-state index contributed by atoms with van der Waals surface area (Å²) in [6, 6.07) is 0. The molecule has 4 nitrogen and oxygen atoms in total. The minimum atomic E-state index is -0.730. The third-order valence-corrected chi connectivity index (χ3v) is 2.35. The Morgan fingerprint density at radius 2 is 1.59 bits per heavy atom. The zero-order valence-electron chi connectivity index (χ0n) is 11.6. The second-order valence-electron chi connectivity index (χ2n) is 3.94. The zero-order valence-corrected chi connectivity index (χ0v) is 11.6. The number of rotatable bonds is 9. The summed E-state index contributed by atoms with van der Waals surface area (Å²) in [5, 5.41) is 25.7. The van der Waals surface area contributed by atoms with Gasteiger partial charge in [-0.25, -0.2) is 0 Å². The van der Waals surface area contributed by atoms with Gasteiger partial charge in [-0.3, -0.25) is 0 Å². The van der Waals surface area contributed by atoms with Gasteiger partial charge in [-0.1, -0.05) is 33.1 Å². The van der Waals surface area contributed by atoms with Crippen LogP contribution < -0.4 is 0 Å². The third-order valence-electron chi connectivity index (χ3n) is 2.35. The molecule has 0 aliphatic carbocycles. The summed E-state index contributed by atoms with van der Waals surface area (Å²) in [5.41, 5.74) is 0. The Labute approximate surface area is 106 Å². The lowest BCUT2D eigenvalue weighted by molar-refractivity contribution is -0.0598. The van der Waals surface area contributed by atoms with E-state index < -0.39 is 6.10 Å². The van der Waals surface area contributed by atoms with Crippen LogP contribution in [0.5, 0.6) is 0 Å². The average Bonchev–Trinajstić information content (AvgIpc) is 2.34. The van der Waals surface area contributed by atoms with Crippen LogP contribution in [0.25, 0.3) is 0 Å². The summed E-state index contributed by atoms with van der Waals surface area (Å²) in [6.45, 7) is 6.53. The van der Waals surface area contributed by atoms with Crippen molar-refractivity contribution in [3.8, 4) is 0 Å². The van der Waals surface area contributed by atoms with Crippen LogP contribution in [-0.4, -0.2) is 47.3 Å². The summed E-state index contributed by atoms with van der Waals surface area (Å²) in [7, 11) is 0. The van der Waals surface area contributed by atoms with Crippen LogP contribution in [0.3, 0.4) is 0 Å². The topological polar surface area (TPSA) is 69.9 Å². The van der Waals surface area contributed by atoms with E-state index in [1.54, 1.807) is 6.92 Å². The van der Waals surface area contributed by atoms with Crippen LogP contribution in [0.2, 0.25) is 0 Å². The van der Waals surface area contributed by atoms with Gasteiger partial charge in [-0.15, -0.1) is 0 Å². The summed E-state index contributed by atoms with van der Waals surface area (Å²) in [6.07, 6.45) is 4.49. The Morgan fingerprint density at radius 3 is 2.00 bits per heavy atom. The number of aliphatic hydroxyl groups is 3. The predicted molar refractivity (Wildman–Crippen MR) is 70.0 cm³/mol. The minimum absolute atomic E-state index is 0.207. The lowest BCUT2D eigenvalue weighted by atomic mass is 10.1. The first-order valence-corrected chi connectivity index (χ1v) is 6.69. The minimum Gasteiger partial charge on any atom is -0.397 e. The van der Waals surface area contributed by atoms with Crippen LogP contribution in [0.15, 0.2) is 0 Å². The molecule has 0 saturated heterocycles. The van der Waals surface area contributed by atoms with Gasteiger partial charge in [0.25, 0.3) is 0 Å². The fourth-order valence-electron chi connectivity index (χ4n) is 1.38. The van der Waals surface area contributed by atoms with E-state index in [1.165, 1.54) is 19.3 Å². The van der Waals surface area contributed by atoms with Crippen molar-refractivity contribution in [3.05, 3.63) is 0 Å². The lowest BCUT2D eigenvalue weighted by Gasteiger charge is -2.20. The van der Waals surface area contributed by atoms with E-state index >= 15 is 0 Å². The van der Waals surface area contributed by atoms with Gasteiger partial charge in [0.15, 0.2) is 0 Å². The van der Waals surface area contributed by atoms with Crippen molar-refractivity contribution in [3.63, 3.8) is 0 Å². The highest BCUT2D eigenvalue weighted by Crippen LogP contribution is 2.06. The zero-order chi connectivity index (χ0) is 13.5. The highest BCUT2D eigenvalue weighted by atomic mass is 16.5. The molecule has 17 heavy (non-hydrogen) atoms. The maximum atomic E-state index is 9.35. The van der Waals surface area contributed by atoms with Gasteiger partial charge >= 0.3 is 0 Å². The first-order valence-electron chi connectivity index (χ1n) is 6.69. The van der Waals surface area contributed by atoms with E-state index in [4.69, 9.17) is 14.9 Å². The second kappa shape index (κ2) is 15.8. The molecule has 0 bridgehead atoms. The molecular formula is C13H30O4. The van der Waals surface area contributed by atoms with Gasteiger partial charge in [-0.2, -0.15) is 0 Å². The van der Waals surface area contributed by atoms with Gasteiger partial charge in [0, 0.05) is 13.2 Å². The van der Waals surface area contributed by atoms with Gasteiger partial charge < -0.3 is 20.1 Å². The summed E-state index contributed by atoms with van der Waals surface area (Å²) < 4.78 is 5.48. The molecule has 0 rings (SSSR count). The Balaban J connectivity index is 0. The Hall–Kier alpha value is -0.160. The van der Waals surface area contributed by atoms with Gasteiger partial charge in [0.05, 0.1) is 12.7 Å². The van der Waals surface area contributed by atoms with Crippen molar-refractivity contribution in [2.45, 2.75) is 65.1 Å². The van der Waals surface area contributed by atoms with E-state index in [1.807, 2.05) is 6.92 Å². The van der Waals surface area contributed by atoms with Gasteiger partial charge in [0.2, 0.25) is 0 Å². The number of unbranched alkanes of at least 4 members (excludes halogenated alkanes) is 3. The molecule has 2 unspecified atom stereocenters. The molecule has 0 spiro atoms. The molecule has 106 valence electrons. The summed E-state index contributed by atoms with van der Waals surface area (Å²) in [5.74, 6) is 0. The molecule has 0 aliphatic heterocycles. The number of hydrogen-bond donors (Lipinski definition) is 3. The first-order chi connectivity index (χ1) is 8.17. The predicted octanol–water partition coefficient (Wildman–Crippen LogP) is 1.71. The highest BCUT2D eigenvalue weighted by Gasteiger charge is 2.16. The normalized spacial score (nSPS) is 13.8. The van der Waals surface area contributed by atoms with Crippen LogP contribution in [-0.2, 0) is 4.74 Å². The van der Waals surface area contributed by atoms with E-state index in [0.717, 1.165) is 12.8 Å². The molecule has 0 aliphatic rings. The van der Waals surface area contributed by atoms with Crippen LogP contribution in [0.1, 0.15) is 52.9 Å². The summed E-state index contributed by atoms with van der Waals surface area (Å²) >= 11 is 0. The van der Waals surface area contributed by atoms with Crippen molar-refractivity contribution in [2.24, 2.45) is 0 Å². The summed E-state index contributed by atoms with van der Waals surface area (Å²) in [4.78, 5) is 0. The van der Waals surface area contributed by atoms with Gasteiger partial charge in [-0.05, 0) is 19.8 Å². The fraction of sp³-hybridized carbons (Fsp3) is 1.00. The lowest BCUT2D eigenvalue weighted by Crippen LogP contribution is -2.31. The van der Waals surface area contributed by atoms with Crippen molar-refractivity contribution in [1.29, 1.82) is 0 Å². The highest BCUT2D eigenvalue weighted by molar-refractivity contribution is 4.65. The fourth-order valence-corrected chi connectivity index (χ4v) is 1.38. The molecular weight excluding hydrogens is 220 g/mol. The molecule has 0 aromatic rings. The van der Waals surface area contributed by atoms with Crippen LogP contribution >= 0.6 is 0 Å². The van der Waals surface area contributed by atoms with Crippen molar-refractivity contribution >= 4 is 0 Å². The van der Waals surface area contributed by atoms with Gasteiger partial charge in [0.1, 0.15) is 6.10 Å². The molecule has 0 aromatic heterocycles. The van der Waals surface area contributed by atoms with E-state index in [0.29, 0.717) is 6.61 Å². The molecule has 0 fully saturated rings. The smallest absolute Gasteiger partial charge is 0.103 e.